The fourth-order valence-corrected chi connectivity index (χ4v) is 3.83. The van der Waals surface area contributed by atoms with E-state index in [0.29, 0.717) is 21.5 Å². The number of rotatable bonds is 6. The molecule has 0 saturated carbocycles. The molecule has 146 valence electrons. The van der Waals surface area contributed by atoms with E-state index in [4.69, 9.17) is 9.47 Å². The van der Waals surface area contributed by atoms with Crippen LogP contribution < -0.4 is 14.8 Å². The van der Waals surface area contributed by atoms with E-state index in [2.05, 4.69) is 21.2 Å². The summed E-state index contributed by atoms with van der Waals surface area (Å²) in [5, 5.41) is 2.69. The van der Waals surface area contributed by atoms with Crippen molar-refractivity contribution < 1.29 is 23.9 Å². The van der Waals surface area contributed by atoms with Crippen molar-refractivity contribution in [3.8, 4) is 11.5 Å². The molecule has 0 unspecified atom stereocenters. The van der Waals surface area contributed by atoms with Gasteiger partial charge in [0, 0.05) is 10.0 Å². The number of ketones is 1. The third-order valence-electron chi connectivity index (χ3n) is 4.70. The number of imide groups is 1. The average molecular weight is 447 g/mol. The van der Waals surface area contributed by atoms with Gasteiger partial charge < -0.3 is 14.8 Å². The summed E-state index contributed by atoms with van der Waals surface area (Å²) in [5.74, 6) is -0.124. The average Bonchev–Trinajstić information content (AvgIpc) is 2.91. The Hall–Kier alpha value is -2.87. The fourth-order valence-electron chi connectivity index (χ4n) is 3.15. The lowest BCUT2D eigenvalue weighted by molar-refractivity contribution is -0.130. The van der Waals surface area contributed by atoms with Crippen molar-refractivity contribution in [2.24, 2.45) is 0 Å². The van der Waals surface area contributed by atoms with E-state index < -0.39 is 29.8 Å². The first kappa shape index (κ1) is 19.9. The highest BCUT2D eigenvalue weighted by Crippen LogP contribution is 2.34. The van der Waals surface area contributed by atoms with Gasteiger partial charge in [0.1, 0.15) is 17.0 Å². The zero-order valence-corrected chi connectivity index (χ0v) is 17.2. The predicted molar refractivity (Wildman–Crippen MR) is 106 cm³/mol. The number of benzene rings is 2. The lowest BCUT2D eigenvalue weighted by Gasteiger charge is -2.23. The SMILES string of the molecule is COc1ccc(OC)c(C(=O)CN2C(=O)N[C@@](C)(c3ccccc3Br)C2=O)c1. The Morgan fingerprint density at radius 2 is 1.86 bits per heavy atom. The van der Waals surface area contributed by atoms with Gasteiger partial charge in [-0.1, -0.05) is 34.1 Å². The number of methoxy groups -OCH3 is 2. The van der Waals surface area contributed by atoms with Gasteiger partial charge >= 0.3 is 6.03 Å². The smallest absolute Gasteiger partial charge is 0.325 e. The number of amides is 3. The van der Waals surface area contributed by atoms with Gasteiger partial charge in [-0.15, -0.1) is 0 Å². The molecule has 1 aliphatic rings. The molecule has 1 fully saturated rings. The molecule has 0 aliphatic carbocycles. The van der Waals surface area contributed by atoms with Gasteiger partial charge in [0.15, 0.2) is 5.78 Å². The zero-order chi connectivity index (χ0) is 20.5. The number of carbonyl (C=O) groups excluding carboxylic acids is 3. The van der Waals surface area contributed by atoms with E-state index in [1.54, 1.807) is 37.3 Å². The molecule has 2 aromatic carbocycles. The molecule has 0 spiro atoms. The molecular weight excluding hydrogens is 428 g/mol. The van der Waals surface area contributed by atoms with Crippen LogP contribution in [-0.4, -0.2) is 43.4 Å². The molecular formula is C20H19BrN2O5. The summed E-state index contributed by atoms with van der Waals surface area (Å²) in [6.07, 6.45) is 0. The Bertz CT molecular complexity index is 961. The summed E-state index contributed by atoms with van der Waals surface area (Å²) in [6.45, 7) is 1.21. The van der Waals surface area contributed by atoms with Gasteiger partial charge in [-0.3, -0.25) is 14.5 Å². The van der Waals surface area contributed by atoms with Gasteiger partial charge in [0.2, 0.25) is 0 Å². The molecule has 1 saturated heterocycles. The molecule has 8 heteroatoms. The first-order chi connectivity index (χ1) is 13.3. The third-order valence-corrected chi connectivity index (χ3v) is 5.39. The summed E-state index contributed by atoms with van der Waals surface area (Å²) in [5.41, 5.74) is -0.421. The van der Waals surface area contributed by atoms with E-state index in [1.165, 1.54) is 20.3 Å². The van der Waals surface area contributed by atoms with Gasteiger partial charge in [0.05, 0.1) is 26.3 Å². The molecule has 0 aromatic heterocycles. The Balaban J connectivity index is 1.90. The van der Waals surface area contributed by atoms with E-state index in [1.807, 2.05) is 6.07 Å². The molecule has 1 N–H and O–H groups in total. The molecule has 0 radical (unpaired) electrons. The first-order valence-electron chi connectivity index (χ1n) is 8.46. The number of hydrogen-bond donors (Lipinski definition) is 1. The minimum Gasteiger partial charge on any atom is -0.497 e. The van der Waals surface area contributed by atoms with Crippen molar-refractivity contribution in [2.45, 2.75) is 12.5 Å². The van der Waals surface area contributed by atoms with Crippen molar-refractivity contribution in [1.29, 1.82) is 0 Å². The maximum Gasteiger partial charge on any atom is 0.325 e. The molecule has 1 atom stereocenters. The number of carbonyl (C=O) groups is 3. The lowest BCUT2D eigenvalue weighted by atomic mass is 9.92. The molecule has 7 nitrogen and oxygen atoms in total. The largest absolute Gasteiger partial charge is 0.497 e. The first-order valence-corrected chi connectivity index (χ1v) is 9.25. The maximum atomic E-state index is 13.0. The second kappa shape index (κ2) is 7.63. The Morgan fingerprint density at radius 1 is 1.14 bits per heavy atom. The minimum atomic E-state index is -1.27. The van der Waals surface area contributed by atoms with Gasteiger partial charge in [0.25, 0.3) is 5.91 Å². The topological polar surface area (TPSA) is 84.9 Å². The van der Waals surface area contributed by atoms with Crippen LogP contribution in [-0.2, 0) is 10.3 Å². The molecule has 1 aliphatic heterocycles. The standard InChI is InChI=1S/C20H19BrN2O5/c1-20(14-6-4-5-7-15(14)21)18(25)23(19(26)22-20)11-16(24)13-10-12(27-2)8-9-17(13)28-3/h4-10H,11H2,1-3H3,(H,22,26)/t20-/m0/s1. The summed E-state index contributed by atoms with van der Waals surface area (Å²) in [7, 11) is 2.92. The number of nitrogens with zero attached hydrogens (tertiary/aromatic N) is 1. The van der Waals surface area contributed by atoms with Crippen molar-refractivity contribution in [1.82, 2.24) is 10.2 Å². The fraction of sp³-hybridized carbons (Fsp3) is 0.250. The second-order valence-corrected chi connectivity index (χ2v) is 7.27. The Morgan fingerprint density at radius 3 is 2.50 bits per heavy atom. The molecule has 1 heterocycles. The van der Waals surface area contributed by atoms with Crippen molar-refractivity contribution in [3.05, 3.63) is 58.1 Å². The van der Waals surface area contributed by atoms with Crippen LogP contribution in [0.2, 0.25) is 0 Å². The number of Topliss-reactive ketones (excluding diaryl/α,β-unsaturated/α-hetero) is 1. The number of urea groups is 1. The summed E-state index contributed by atoms with van der Waals surface area (Å²) in [4.78, 5) is 39.3. The van der Waals surface area contributed by atoms with Crippen LogP contribution in [0.15, 0.2) is 46.9 Å². The molecule has 28 heavy (non-hydrogen) atoms. The van der Waals surface area contributed by atoms with E-state index in [0.717, 1.165) is 4.90 Å². The summed E-state index contributed by atoms with van der Waals surface area (Å²) >= 11 is 3.41. The van der Waals surface area contributed by atoms with Crippen LogP contribution in [0.4, 0.5) is 4.79 Å². The van der Waals surface area contributed by atoms with Crippen molar-refractivity contribution >= 4 is 33.7 Å². The van der Waals surface area contributed by atoms with Crippen LogP contribution >= 0.6 is 15.9 Å². The lowest BCUT2D eigenvalue weighted by Crippen LogP contribution is -2.41. The molecule has 3 rings (SSSR count). The van der Waals surface area contributed by atoms with Crippen molar-refractivity contribution in [3.63, 3.8) is 0 Å². The second-order valence-electron chi connectivity index (χ2n) is 6.42. The Kier molecular flexibility index (Phi) is 5.42. The van der Waals surface area contributed by atoms with Gasteiger partial charge in [-0.25, -0.2) is 4.79 Å². The van der Waals surface area contributed by atoms with Crippen LogP contribution in [0.3, 0.4) is 0 Å². The van der Waals surface area contributed by atoms with Gasteiger partial charge in [-0.2, -0.15) is 0 Å². The van der Waals surface area contributed by atoms with E-state index in [9.17, 15) is 14.4 Å². The molecule has 0 bridgehead atoms. The van der Waals surface area contributed by atoms with Crippen molar-refractivity contribution in [2.75, 3.05) is 20.8 Å². The Labute approximate surface area is 170 Å². The quantitative estimate of drug-likeness (QED) is 0.544. The van der Waals surface area contributed by atoms with Crippen LogP contribution in [0.5, 0.6) is 11.5 Å². The summed E-state index contributed by atoms with van der Waals surface area (Å²) < 4.78 is 11.1. The monoisotopic (exact) mass is 446 g/mol. The van der Waals surface area contributed by atoms with Gasteiger partial charge in [-0.05, 0) is 31.2 Å². The normalized spacial score (nSPS) is 18.8. The molecule has 3 amide bonds. The predicted octanol–water partition coefficient (Wildman–Crippen LogP) is 3.12. The summed E-state index contributed by atoms with van der Waals surface area (Å²) in [6, 6.07) is 11.3. The zero-order valence-electron chi connectivity index (χ0n) is 15.6. The highest BCUT2D eigenvalue weighted by atomic mass is 79.9. The van der Waals surface area contributed by atoms with Crippen LogP contribution in [0.1, 0.15) is 22.8 Å². The molecule has 2 aromatic rings. The number of halogens is 1. The minimum absolute atomic E-state index is 0.233. The van der Waals surface area contributed by atoms with Crippen LogP contribution in [0, 0.1) is 0 Å². The maximum absolute atomic E-state index is 13.0. The number of ether oxygens (including phenoxy) is 2. The highest BCUT2D eigenvalue weighted by molar-refractivity contribution is 9.10. The van der Waals surface area contributed by atoms with E-state index in [-0.39, 0.29) is 5.56 Å². The number of hydrogen-bond acceptors (Lipinski definition) is 5. The third kappa shape index (κ3) is 3.35. The van der Waals surface area contributed by atoms with E-state index >= 15 is 0 Å². The number of nitrogens with one attached hydrogen (secondary N) is 1. The van der Waals surface area contributed by atoms with Crippen LogP contribution in [0.25, 0.3) is 0 Å². The highest BCUT2D eigenvalue weighted by Gasteiger charge is 2.50.